The molecule has 0 aliphatic carbocycles. The molecule has 2 aromatic rings. The van der Waals surface area contributed by atoms with Gasteiger partial charge in [0.2, 0.25) is 5.91 Å². The van der Waals surface area contributed by atoms with Crippen molar-refractivity contribution in [3.8, 4) is 0 Å². The molecule has 2 N–H and O–H groups in total. The van der Waals surface area contributed by atoms with E-state index in [0.717, 1.165) is 25.1 Å². The molecule has 146 valence electrons. The maximum Gasteiger partial charge on any atom is 0.337 e. The lowest BCUT2D eigenvalue weighted by Gasteiger charge is -2.35. The van der Waals surface area contributed by atoms with Crippen LogP contribution in [0.4, 0.5) is 5.82 Å². The molecule has 3 rings (SSSR count). The smallest absolute Gasteiger partial charge is 0.337 e. The molecule has 1 fully saturated rings. The maximum absolute atomic E-state index is 12.3. The third-order valence-corrected chi connectivity index (χ3v) is 4.47. The molecule has 2 amide bonds. The molecular formula is C19H21N5O4. The molecule has 1 aliphatic rings. The molecule has 0 aromatic carbocycles. The quantitative estimate of drug-likeness (QED) is 0.752. The summed E-state index contributed by atoms with van der Waals surface area (Å²) in [5.74, 6) is -0.656. The lowest BCUT2D eigenvalue weighted by molar-refractivity contribution is -0.131. The molecule has 0 atom stereocenters. The minimum absolute atomic E-state index is 0.0107. The molecular weight excluding hydrogens is 362 g/mol. The number of carbonyl (C=O) groups is 3. The first-order valence-corrected chi connectivity index (χ1v) is 8.96. The second kappa shape index (κ2) is 8.94. The molecule has 9 heteroatoms. The van der Waals surface area contributed by atoms with Crippen LogP contribution < -0.4 is 10.2 Å². The number of carboxylic acids is 1. The highest BCUT2D eigenvalue weighted by Crippen LogP contribution is 2.12. The summed E-state index contributed by atoms with van der Waals surface area (Å²) in [7, 11) is 0. The predicted molar refractivity (Wildman–Crippen MR) is 101 cm³/mol. The molecule has 9 nitrogen and oxygen atoms in total. The molecule has 0 saturated carbocycles. The Hall–Kier alpha value is -3.49. The number of anilines is 1. The molecule has 0 radical (unpaired) electrons. The summed E-state index contributed by atoms with van der Waals surface area (Å²) < 4.78 is 0. The van der Waals surface area contributed by atoms with Crippen LogP contribution in [0.25, 0.3) is 0 Å². The van der Waals surface area contributed by atoms with Crippen molar-refractivity contribution in [1.82, 2.24) is 20.2 Å². The summed E-state index contributed by atoms with van der Waals surface area (Å²) in [6.07, 6.45) is 3.08. The van der Waals surface area contributed by atoms with Crippen LogP contribution in [0.3, 0.4) is 0 Å². The number of carbonyl (C=O) groups excluding carboxylic acids is 2. The Balaban J connectivity index is 1.41. The summed E-state index contributed by atoms with van der Waals surface area (Å²) in [4.78, 5) is 47.2. The fourth-order valence-corrected chi connectivity index (χ4v) is 2.91. The van der Waals surface area contributed by atoms with Crippen LogP contribution in [0, 0.1) is 0 Å². The summed E-state index contributed by atoms with van der Waals surface area (Å²) in [6.45, 7) is 2.85. The first kappa shape index (κ1) is 19.3. The fourth-order valence-electron chi connectivity index (χ4n) is 2.91. The van der Waals surface area contributed by atoms with E-state index < -0.39 is 11.9 Å². The van der Waals surface area contributed by atoms with Crippen molar-refractivity contribution in [2.75, 3.05) is 37.6 Å². The number of piperazine rings is 1. The van der Waals surface area contributed by atoms with Gasteiger partial charge >= 0.3 is 5.97 Å². The van der Waals surface area contributed by atoms with Gasteiger partial charge < -0.3 is 20.2 Å². The predicted octanol–water partition coefficient (Wildman–Crippen LogP) is 0.643. The van der Waals surface area contributed by atoms with Gasteiger partial charge in [0, 0.05) is 51.5 Å². The van der Waals surface area contributed by atoms with E-state index in [1.165, 1.54) is 12.1 Å². The number of pyridine rings is 2. The lowest BCUT2D eigenvalue weighted by Crippen LogP contribution is -2.49. The minimum Gasteiger partial charge on any atom is -0.478 e. The van der Waals surface area contributed by atoms with E-state index in [-0.39, 0.29) is 30.1 Å². The van der Waals surface area contributed by atoms with E-state index in [1.807, 2.05) is 18.2 Å². The molecule has 2 aromatic heterocycles. The number of rotatable bonds is 6. The molecule has 0 spiro atoms. The first-order valence-electron chi connectivity index (χ1n) is 8.96. The number of amides is 2. The van der Waals surface area contributed by atoms with Gasteiger partial charge in [-0.15, -0.1) is 0 Å². The molecule has 1 aliphatic heterocycles. The van der Waals surface area contributed by atoms with Gasteiger partial charge in [-0.05, 0) is 24.3 Å². The van der Waals surface area contributed by atoms with Gasteiger partial charge in [0.05, 0.1) is 5.56 Å². The van der Waals surface area contributed by atoms with E-state index in [1.54, 1.807) is 11.1 Å². The van der Waals surface area contributed by atoms with Crippen molar-refractivity contribution < 1.29 is 19.5 Å². The Kier molecular flexibility index (Phi) is 6.15. The molecule has 0 unspecified atom stereocenters. The van der Waals surface area contributed by atoms with Crippen molar-refractivity contribution in [1.29, 1.82) is 0 Å². The molecule has 3 heterocycles. The molecule has 28 heavy (non-hydrogen) atoms. The Morgan fingerprint density at radius 1 is 1.04 bits per heavy atom. The lowest BCUT2D eigenvalue weighted by atomic mass is 10.2. The van der Waals surface area contributed by atoms with E-state index >= 15 is 0 Å². The van der Waals surface area contributed by atoms with E-state index in [4.69, 9.17) is 5.11 Å². The van der Waals surface area contributed by atoms with Crippen LogP contribution in [0.2, 0.25) is 0 Å². The first-order chi connectivity index (χ1) is 13.5. The summed E-state index contributed by atoms with van der Waals surface area (Å²) in [6, 6.07) is 8.41. The van der Waals surface area contributed by atoms with Crippen LogP contribution >= 0.6 is 0 Å². The number of aromatic carboxylic acids is 1. The molecule has 0 bridgehead atoms. The third-order valence-electron chi connectivity index (χ3n) is 4.47. The fraction of sp³-hybridized carbons (Fsp3) is 0.316. The normalized spacial score (nSPS) is 13.9. The topological polar surface area (TPSA) is 116 Å². The van der Waals surface area contributed by atoms with Gasteiger partial charge in [0.1, 0.15) is 11.5 Å². The highest BCUT2D eigenvalue weighted by Gasteiger charge is 2.21. The zero-order chi connectivity index (χ0) is 19.9. The van der Waals surface area contributed by atoms with E-state index in [2.05, 4.69) is 20.2 Å². The van der Waals surface area contributed by atoms with Crippen molar-refractivity contribution >= 4 is 23.6 Å². The standard InChI is InChI=1S/C19H21N5O4/c25-17(24-11-9-23(10-12-24)16-3-1-2-7-20-16)6-8-21-18(26)15-5-4-14(13-22-15)19(27)28/h1-5,7,13H,6,8-12H2,(H,21,26)(H,27,28). The maximum atomic E-state index is 12.3. The van der Waals surface area contributed by atoms with E-state index in [9.17, 15) is 14.4 Å². The van der Waals surface area contributed by atoms with E-state index in [0.29, 0.717) is 13.1 Å². The van der Waals surface area contributed by atoms with Gasteiger partial charge in [-0.3, -0.25) is 14.6 Å². The van der Waals surface area contributed by atoms with Crippen LogP contribution in [0.1, 0.15) is 27.3 Å². The van der Waals surface area contributed by atoms with Gasteiger partial charge in [0.25, 0.3) is 5.91 Å². The van der Waals surface area contributed by atoms with Crippen LogP contribution in [0.15, 0.2) is 42.7 Å². The SMILES string of the molecule is O=C(O)c1ccc(C(=O)NCCC(=O)N2CCN(c3ccccn3)CC2)nc1. The number of aromatic nitrogens is 2. The zero-order valence-electron chi connectivity index (χ0n) is 15.2. The third kappa shape index (κ3) is 4.81. The Bertz CT molecular complexity index is 833. The Morgan fingerprint density at radius 3 is 2.43 bits per heavy atom. The van der Waals surface area contributed by atoms with Gasteiger partial charge in [-0.2, -0.15) is 0 Å². The Morgan fingerprint density at radius 2 is 1.82 bits per heavy atom. The van der Waals surface area contributed by atoms with Crippen molar-refractivity contribution in [2.24, 2.45) is 0 Å². The highest BCUT2D eigenvalue weighted by atomic mass is 16.4. The van der Waals surface area contributed by atoms with Gasteiger partial charge in [0.15, 0.2) is 0 Å². The largest absolute Gasteiger partial charge is 0.478 e. The van der Waals surface area contributed by atoms with Crippen molar-refractivity contribution in [3.05, 3.63) is 54.0 Å². The number of hydrogen-bond donors (Lipinski definition) is 2. The van der Waals surface area contributed by atoms with Gasteiger partial charge in [-0.25, -0.2) is 9.78 Å². The number of carboxylic acid groups (broad SMARTS) is 1. The van der Waals surface area contributed by atoms with Gasteiger partial charge in [-0.1, -0.05) is 6.07 Å². The Labute approximate surface area is 162 Å². The molecule has 1 saturated heterocycles. The summed E-state index contributed by atoms with van der Waals surface area (Å²) in [5, 5.41) is 11.5. The second-order valence-electron chi connectivity index (χ2n) is 6.30. The highest BCUT2D eigenvalue weighted by molar-refractivity contribution is 5.94. The zero-order valence-corrected chi connectivity index (χ0v) is 15.2. The second-order valence-corrected chi connectivity index (χ2v) is 6.30. The monoisotopic (exact) mass is 383 g/mol. The number of nitrogens with one attached hydrogen (secondary N) is 1. The summed E-state index contributed by atoms with van der Waals surface area (Å²) >= 11 is 0. The van der Waals surface area contributed by atoms with Crippen molar-refractivity contribution in [2.45, 2.75) is 6.42 Å². The minimum atomic E-state index is -1.10. The van der Waals surface area contributed by atoms with Crippen LogP contribution in [-0.2, 0) is 4.79 Å². The average molecular weight is 383 g/mol. The summed E-state index contributed by atoms with van der Waals surface area (Å²) in [5.41, 5.74) is 0.123. The number of hydrogen-bond acceptors (Lipinski definition) is 6. The van der Waals surface area contributed by atoms with Crippen LogP contribution in [-0.4, -0.2) is 70.5 Å². The average Bonchev–Trinajstić information content (AvgIpc) is 2.74. The number of nitrogens with zero attached hydrogens (tertiary/aromatic N) is 4. The van der Waals surface area contributed by atoms with Crippen molar-refractivity contribution in [3.63, 3.8) is 0 Å². The van der Waals surface area contributed by atoms with Crippen LogP contribution in [0.5, 0.6) is 0 Å².